The van der Waals surface area contributed by atoms with E-state index in [0.29, 0.717) is 16.2 Å². The summed E-state index contributed by atoms with van der Waals surface area (Å²) >= 11 is 6.41. The van der Waals surface area contributed by atoms with Crippen LogP contribution in [0.15, 0.2) is 65.6 Å². The number of hydrogen-bond acceptors (Lipinski definition) is 6. The highest BCUT2D eigenvalue weighted by Gasteiger charge is 2.41. The van der Waals surface area contributed by atoms with E-state index >= 15 is 0 Å². The van der Waals surface area contributed by atoms with Gasteiger partial charge in [-0.15, -0.1) is 0 Å². The number of fused-ring (bicyclic) bond motifs is 1. The summed E-state index contributed by atoms with van der Waals surface area (Å²) in [6, 6.07) is 16.6. The molecule has 3 aromatic rings. The van der Waals surface area contributed by atoms with E-state index in [2.05, 4.69) is 4.98 Å². The summed E-state index contributed by atoms with van der Waals surface area (Å²) in [5.41, 5.74) is 1.83. The third-order valence-electron chi connectivity index (χ3n) is 4.63. The number of carboxylic acids is 1. The number of benzene rings is 2. The van der Waals surface area contributed by atoms with Crippen LogP contribution in [0.3, 0.4) is 0 Å². The fourth-order valence-electron chi connectivity index (χ4n) is 3.20. The number of aromatic nitrogens is 1. The van der Waals surface area contributed by atoms with Gasteiger partial charge in [-0.3, -0.25) is 9.69 Å². The van der Waals surface area contributed by atoms with Crippen LogP contribution in [0.1, 0.15) is 17.3 Å². The van der Waals surface area contributed by atoms with Crippen molar-refractivity contribution in [3.05, 3.63) is 76.8 Å². The molecule has 1 amide bonds. The lowest BCUT2D eigenvalue weighted by Crippen LogP contribution is -2.37. The summed E-state index contributed by atoms with van der Waals surface area (Å²) in [5.74, 6) is -0.854. The Balaban J connectivity index is 1.67. The number of thioether (sulfide) groups is 1. The molecule has 8 heteroatoms. The number of nitrogens with zero attached hydrogens (tertiary/aromatic N) is 2. The molecule has 1 aliphatic heterocycles. The maximum atomic E-state index is 13.0. The van der Waals surface area contributed by atoms with E-state index < -0.39 is 17.9 Å². The number of carboxylic acid groups (broad SMARTS) is 1. The zero-order valence-electron chi connectivity index (χ0n) is 15.8. The number of methoxy groups -OCH3 is 1. The van der Waals surface area contributed by atoms with Crippen molar-refractivity contribution in [1.82, 2.24) is 9.88 Å². The number of carbonyl (C=O) groups is 2. The molecule has 150 valence electrons. The average Bonchev–Trinajstić information content (AvgIpc) is 3.02. The Kier molecular flexibility index (Phi) is 5.52. The molecule has 1 unspecified atom stereocenters. The summed E-state index contributed by atoms with van der Waals surface area (Å²) < 4.78 is 5.42. The lowest BCUT2D eigenvalue weighted by molar-refractivity contribution is -0.145. The van der Waals surface area contributed by atoms with Crippen molar-refractivity contribution in [2.75, 3.05) is 7.11 Å². The molecular formula is C22H16N2O4S2. The van der Waals surface area contributed by atoms with Crippen molar-refractivity contribution in [3.8, 4) is 5.75 Å². The second-order valence-corrected chi connectivity index (χ2v) is 8.17. The number of hydrogen-bond donors (Lipinski definition) is 1. The average molecular weight is 437 g/mol. The highest BCUT2D eigenvalue weighted by Crippen LogP contribution is 2.38. The maximum absolute atomic E-state index is 13.0. The molecule has 1 aromatic heterocycles. The van der Waals surface area contributed by atoms with E-state index in [4.69, 9.17) is 17.0 Å². The number of rotatable bonds is 5. The van der Waals surface area contributed by atoms with Crippen molar-refractivity contribution in [1.29, 1.82) is 0 Å². The number of aliphatic carboxylic acids is 1. The van der Waals surface area contributed by atoms with Crippen LogP contribution in [-0.4, -0.2) is 38.3 Å². The molecule has 1 fully saturated rings. The van der Waals surface area contributed by atoms with Crippen LogP contribution in [0.25, 0.3) is 17.0 Å². The van der Waals surface area contributed by atoms with Crippen LogP contribution in [0.5, 0.6) is 5.75 Å². The molecule has 1 atom stereocenters. The second-order valence-electron chi connectivity index (χ2n) is 6.50. The Morgan fingerprint density at radius 1 is 1.20 bits per heavy atom. The van der Waals surface area contributed by atoms with Crippen molar-refractivity contribution in [2.24, 2.45) is 0 Å². The quantitative estimate of drug-likeness (QED) is 0.473. The minimum atomic E-state index is -1.18. The number of pyridine rings is 1. The molecular weight excluding hydrogens is 420 g/mol. The molecule has 0 spiro atoms. The van der Waals surface area contributed by atoms with E-state index in [0.717, 1.165) is 33.3 Å². The van der Waals surface area contributed by atoms with Gasteiger partial charge >= 0.3 is 5.97 Å². The highest BCUT2D eigenvalue weighted by molar-refractivity contribution is 8.26. The van der Waals surface area contributed by atoms with Crippen molar-refractivity contribution in [2.45, 2.75) is 6.04 Å². The predicted octanol–water partition coefficient (Wildman–Crippen LogP) is 4.27. The van der Waals surface area contributed by atoms with Crippen LogP contribution in [0.2, 0.25) is 0 Å². The van der Waals surface area contributed by atoms with Crippen molar-refractivity contribution in [3.63, 3.8) is 0 Å². The van der Waals surface area contributed by atoms with Crippen molar-refractivity contribution < 1.29 is 19.4 Å². The smallest absolute Gasteiger partial charge is 0.331 e. The first kappa shape index (κ1) is 20.1. The van der Waals surface area contributed by atoms with Gasteiger partial charge in [0.2, 0.25) is 0 Å². The van der Waals surface area contributed by atoms with Crippen LogP contribution in [0.4, 0.5) is 0 Å². The zero-order chi connectivity index (χ0) is 21.3. The molecule has 1 aliphatic rings. The molecule has 0 bridgehead atoms. The van der Waals surface area contributed by atoms with Gasteiger partial charge in [0.05, 0.1) is 23.2 Å². The monoisotopic (exact) mass is 436 g/mol. The van der Waals surface area contributed by atoms with Gasteiger partial charge in [-0.05, 0) is 35.9 Å². The fraction of sp³-hybridized carbons (Fsp3) is 0.0909. The molecule has 2 aromatic carbocycles. The lowest BCUT2D eigenvalue weighted by Gasteiger charge is -2.23. The first-order valence-electron chi connectivity index (χ1n) is 8.97. The summed E-state index contributed by atoms with van der Waals surface area (Å²) in [4.78, 5) is 31.0. The normalized spacial score (nSPS) is 16.3. The van der Waals surface area contributed by atoms with Gasteiger partial charge in [0.1, 0.15) is 10.1 Å². The Morgan fingerprint density at radius 2 is 1.97 bits per heavy atom. The Morgan fingerprint density at radius 3 is 2.67 bits per heavy atom. The molecule has 0 radical (unpaired) electrons. The minimum Gasteiger partial charge on any atom is -0.497 e. The maximum Gasteiger partial charge on any atom is 0.331 e. The molecule has 2 heterocycles. The summed E-state index contributed by atoms with van der Waals surface area (Å²) in [7, 11) is 1.60. The first-order valence-corrected chi connectivity index (χ1v) is 10.2. The van der Waals surface area contributed by atoms with Crippen LogP contribution >= 0.6 is 24.0 Å². The van der Waals surface area contributed by atoms with Crippen molar-refractivity contribution >= 4 is 57.2 Å². The Hall–Kier alpha value is -3.23. The molecule has 30 heavy (non-hydrogen) atoms. The van der Waals surface area contributed by atoms with E-state index in [1.165, 1.54) is 0 Å². The molecule has 4 rings (SSSR count). The SMILES string of the molecule is COc1ccc2nc(/C=C3\SC(=S)N(C(C(=O)O)c4ccccc4)C3=O)ccc2c1. The van der Waals surface area contributed by atoms with Gasteiger partial charge in [0.25, 0.3) is 5.91 Å². The fourth-order valence-corrected chi connectivity index (χ4v) is 4.50. The molecule has 6 nitrogen and oxygen atoms in total. The van der Waals surface area contributed by atoms with Gasteiger partial charge in [-0.1, -0.05) is 60.4 Å². The predicted molar refractivity (Wildman–Crippen MR) is 120 cm³/mol. The van der Waals surface area contributed by atoms with Gasteiger partial charge in [0, 0.05) is 5.39 Å². The van der Waals surface area contributed by atoms with Crippen LogP contribution in [-0.2, 0) is 9.59 Å². The number of thiocarbonyl (C=S) groups is 1. The standard InChI is InChI=1S/C22H16N2O4S2/c1-28-16-9-10-17-14(11-16)7-8-15(23-17)12-18-20(25)24(22(29)30-18)19(21(26)27)13-5-3-2-4-6-13/h2-12,19H,1H3,(H,26,27)/b18-12-. The minimum absolute atomic E-state index is 0.202. The lowest BCUT2D eigenvalue weighted by atomic mass is 10.1. The van der Waals surface area contributed by atoms with Crippen LogP contribution in [0, 0.1) is 0 Å². The van der Waals surface area contributed by atoms with Gasteiger partial charge < -0.3 is 9.84 Å². The van der Waals surface area contributed by atoms with E-state index in [9.17, 15) is 14.7 Å². The second kappa shape index (κ2) is 8.25. The highest BCUT2D eigenvalue weighted by atomic mass is 32.2. The van der Waals surface area contributed by atoms with E-state index in [1.54, 1.807) is 49.6 Å². The molecule has 0 saturated carbocycles. The van der Waals surface area contributed by atoms with Gasteiger partial charge in [-0.25, -0.2) is 9.78 Å². The summed E-state index contributed by atoms with van der Waals surface area (Å²) in [5, 5.41) is 10.7. The number of carbonyl (C=O) groups excluding carboxylic acids is 1. The molecule has 1 N–H and O–H groups in total. The molecule has 0 aliphatic carbocycles. The number of ether oxygens (including phenoxy) is 1. The summed E-state index contributed by atoms with van der Waals surface area (Å²) in [6.07, 6.45) is 1.63. The Bertz CT molecular complexity index is 1190. The number of amides is 1. The third-order valence-corrected chi connectivity index (χ3v) is 5.96. The Labute approximate surface area is 182 Å². The zero-order valence-corrected chi connectivity index (χ0v) is 17.4. The first-order chi connectivity index (χ1) is 14.5. The van der Waals surface area contributed by atoms with Gasteiger partial charge in [-0.2, -0.15) is 0 Å². The van der Waals surface area contributed by atoms with Gasteiger partial charge in [0.15, 0.2) is 6.04 Å². The summed E-state index contributed by atoms with van der Waals surface area (Å²) in [6.45, 7) is 0. The largest absolute Gasteiger partial charge is 0.497 e. The molecule has 1 saturated heterocycles. The van der Waals surface area contributed by atoms with E-state index in [1.807, 2.05) is 24.3 Å². The van der Waals surface area contributed by atoms with E-state index in [-0.39, 0.29) is 4.32 Å². The topological polar surface area (TPSA) is 79.7 Å². The van der Waals surface area contributed by atoms with Crippen LogP contribution < -0.4 is 4.74 Å². The third kappa shape index (κ3) is 3.79.